The van der Waals surface area contributed by atoms with Crippen LogP contribution in [-0.2, 0) is 9.53 Å². The van der Waals surface area contributed by atoms with Crippen molar-refractivity contribution in [2.24, 2.45) is 0 Å². The van der Waals surface area contributed by atoms with Gasteiger partial charge in [-0.15, -0.1) is 0 Å². The molecule has 5 heteroatoms. The first-order valence-electron chi connectivity index (χ1n) is 7.07. The lowest BCUT2D eigenvalue weighted by Gasteiger charge is -2.45. The minimum atomic E-state index is -0.523. The van der Waals surface area contributed by atoms with Crippen LogP contribution in [0.25, 0.3) is 0 Å². The molecule has 1 aliphatic carbocycles. The van der Waals surface area contributed by atoms with Crippen molar-refractivity contribution in [2.45, 2.75) is 64.6 Å². The molecular formula is C14H24N2O3. The summed E-state index contributed by atoms with van der Waals surface area (Å²) in [5.74, 6) is 0.0497. The number of hydrogen-bond donors (Lipinski definition) is 0. The number of piperazine rings is 1. The number of nitrogens with zero attached hydrogens (tertiary/aromatic N) is 2. The van der Waals surface area contributed by atoms with Crippen molar-refractivity contribution in [3.8, 4) is 0 Å². The molecule has 2 rings (SSSR count). The SMILES string of the molecule is C[C@H]1CN(C2CCC2)C(=O)CN1C(=O)OC(C)(C)C. The Labute approximate surface area is 114 Å². The highest BCUT2D eigenvalue weighted by molar-refractivity contribution is 5.84. The molecule has 0 unspecified atom stereocenters. The number of rotatable bonds is 1. The third-order valence-electron chi connectivity index (χ3n) is 3.76. The number of hydrogen-bond acceptors (Lipinski definition) is 3. The van der Waals surface area contributed by atoms with Crippen molar-refractivity contribution in [3.05, 3.63) is 0 Å². The summed E-state index contributed by atoms with van der Waals surface area (Å²) in [6.07, 6.45) is 3.02. The van der Waals surface area contributed by atoms with Gasteiger partial charge in [0.25, 0.3) is 0 Å². The normalized spacial score (nSPS) is 25.3. The van der Waals surface area contributed by atoms with Gasteiger partial charge in [0.15, 0.2) is 0 Å². The Morgan fingerprint density at radius 1 is 1.32 bits per heavy atom. The highest BCUT2D eigenvalue weighted by Gasteiger charge is 2.39. The average molecular weight is 268 g/mol. The minimum Gasteiger partial charge on any atom is -0.444 e. The van der Waals surface area contributed by atoms with E-state index < -0.39 is 5.60 Å². The zero-order chi connectivity index (χ0) is 14.2. The van der Waals surface area contributed by atoms with Crippen LogP contribution in [0.4, 0.5) is 4.79 Å². The van der Waals surface area contributed by atoms with Crippen molar-refractivity contribution in [1.29, 1.82) is 0 Å². The number of carbonyl (C=O) groups is 2. The van der Waals surface area contributed by atoms with Crippen molar-refractivity contribution in [2.75, 3.05) is 13.1 Å². The molecule has 1 saturated carbocycles. The molecule has 2 fully saturated rings. The van der Waals surface area contributed by atoms with E-state index in [9.17, 15) is 9.59 Å². The maximum absolute atomic E-state index is 12.1. The van der Waals surface area contributed by atoms with Gasteiger partial charge in [0.1, 0.15) is 12.1 Å². The quantitative estimate of drug-likeness (QED) is 0.731. The van der Waals surface area contributed by atoms with Crippen molar-refractivity contribution < 1.29 is 14.3 Å². The van der Waals surface area contributed by atoms with E-state index in [0.29, 0.717) is 12.6 Å². The summed E-state index contributed by atoms with van der Waals surface area (Å²) in [7, 11) is 0. The van der Waals surface area contributed by atoms with Crippen LogP contribution in [0, 0.1) is 0 Å². The monoisotopic (exact) mass is 268 g/mol. The molecule has 0 radical (unpaired) electrons. The van der Waals surface area contributed by atoms with E-state index in [-0.39, 0.29) is 24.6 Å². The molecule has 0 spiro atoms. The lowest BCUT2D eigenvalue weighted by molar-refractivity contribution is -0.142. The van der Waals surface area contributed by atoms with Crippen LogP contribution < -0.4 is 0 Å². The first kappa shape index (κ1) is 14.2. The molecule has 19 heavy (non-hydrogen) atoms. The third kappa shape index (κ3) is 3.19. The van der Waals surface area contributed by atoms with Crippen LogP contribution in [-0.4, -0.2) is 52.6 Å². The molecule has 1 heterocycles. The fourth-order valence-corrected chi connectivity index (χ4v) is 2.49. The Kier molecular flexibility index (Phi) is 3.74. The van der Waals surface area contributed by atoms with Crippen LogP contribution in [0.3, 0.4) is 0 Å². The molecular weight excluding hydrogens is 244 g/mol. The summed E-state index contributed by atoms with van der Waals surface area (Å²) in [6, 6.07) is 0.420. The van der Waals surface area contributed by atoms with Crippen LogP contribution in [0.15, 0.2) is 0 Å². The number of carbonyl (C=O) groups excluding carboxylic acids is 2. The highest BCUT2D eigenvalue weighted by atomic mass is 16.6. The second-order valence-electron chi connectivity index (χ2n) is 6.59. The lowest BCUT2D eigenvalue weighted by Crippen LogP contribution is -2.61. The summed E-state index contributed by atoms with van der Waals surface area (Å²) < 4.78 is 5.35. The van der Waals surface area contributed by atoms with Crippen LogP contribution in [0.1, 0.15) is 47.0 Å². The van der Waals surface area contributed by atoms with Gasteiger partial charge in [0.2, 0.25) is 5.91 Å². The average Bonchev–Trinajstić information content (AvgIpc) is 2.17. The molecule has 5 nitrogen and oxygen atoms in total. The maximum Gasteiger partial charge on any atom is 0.411 e. The number of ether oxygens (including phenoxy) is 1. The van der Waals surface area contributed by atoms with Gasteiger partial charge in [-0.3, -0.25) is 9.69 Å². The molecule has 0 bridgehead atoms. The van der Waals surface area contributed by atoms with E-state index in [1.54, 1.807) is 4.90 Å². The molecule has 1 saturated heterocycles. The molecule has 1 atom stereocenters. The van der Waals surface area contributed by atoms with E-state index in [0.717, 1.165) is 12.8 Å². The van der Waals surface area contributed by atoms with E-state index in [1.165, 1.54) is 6.42 Å². The molecule has 0 aromatic heterocycles. The Balaban J connectivity index is 1.97. The van der Waals surface area contributed by atoms with Crippen LogP contribution >= 0.6 is 0 Å². The predicted molar refractivity (Wildman–Crippen MR) is 71.8 cm³/mol. The van der Waals surface area contributed by atoms with Gasteiger partial charge in [0.05, 0.1) is 6.04 Å². The van der Waals surface area contributed by atoms with E-state index in [2.05, 4.69) is 0 Å². The molecule has 1 aliphatic heterocycles. The molecule has 2 aliphatic rings. The minimum absolute atomic E-state index is 0.0214. The molecule has 0 N–H and O–H groups in total. The van der Waals surface area contributed by atoms with E-state index in [4.69, 9.17) is 4.74 Å². The van der Waals surface area contributed by atoms with Gasteiger partial charge >= 0.3 is 6.09 Å². The Morgan fingerprint density at radius 3 is 2.42 bits per heavy atom. The van der Waals surface area contributed by atoms with Gasteiger partial charge < -0.3 is 9.64 Å². The molecule has 108 valence electrons. The fourth-order valence-electron chi connectivity index (χ4n) is 2.49. The Hall–Kier alpha value is -1.26. The van der Waals surface area contributed by atoms with E-state index >= 15 is 0 Å². The van der Waals surface area contributed by atoms with Crippen LogP contribution in [0.2, 0.25) is 0 Å². The van der Waals surface area contributed by atoms with E-state index in [1.807, 2.05) is 32.6 Å². The fraction of sp³-hybridized carbons (Fsp3) is 0.857. The number of amides is 2. The molecule has 2 amide bonds. The lowest BCUT2D eigenvalue weighted by atomic mass is 9.90. The summed E-state index contributed by atoms with van der Waals surface area (Å²) in [6.45, 7) is 8.25. The predicted octanol–water partition coefficient (Wildman–Crippen LogP) is 2.01. The maximum atomic E-state index is 12.1. The third-order valence-corrected chi connectivity index (χ3v) is 3.76. The van der Waals surface area contributed by atoms with Gasteiger partial charge in [-0.2, -0.15) is 0 Å². The van der Waals surface area contributed by atoms with Gasteiger partial charge in [0, 0.05) is 12.6 Å². The topological polar surface area (TPSA) is 49.9 Å². The summed E-state index contributed by atoms with van der Waals surface area (Å²) in [5, 5.41) is 0. The van der Waals surface area contributed by atoms with Crippen molar-refractivity contribution in [3.63, 3.8) is 0 Å². The highest BCUT2D eigenvalue weighted by Crippen LogP contribution is 2.27. The summed E-state index contributed by atoms with van der Waals surface area (Å²) >= 11 is 0. The second kappa shape index (κ2) is 5.02. The van der Waals surface area contributed by atoms with Crippen molar-refractivity contribution >= 4 is 12.0 Å². The zero-order valence-corrected chi connectivity index (χ0v) is 12.3. The zero-order valence-electron chi connectivity index (χ0n) is 12.3. The second-order valence-corrected chi connectivity index (χ2v) is 6.59. The molecule has 0 aromatic rings. The van der Waals surface area contributed by atoms with Crippen molar-refractivity contribution in [1.82, 2.24) is 9.80 Å². The Morgan fingerprint density at radius 2 is 1.95 bits per heavy atom. The van der Waals surface area contributed by atoms with Gasteiger partial charge in [-0.1, -0.05) is 0 Å². The standard InChI is InChI=1S/C14H24N2O3/c1-10-8-16(11-6-5-7-11)12(17)9-15(10)13(18)19-14(2,3)4/h10-11H,5-9H2,1-4H3/t10-/m0/s1. The van der Waals surface area contributed by atoms with Crippen LogP contribution in [0.5, 0.6) is 0 Å². The largest absolute Gasteiger partial charge is 0.444 e. The summed E-state index contributed by atoms with van der Waals surface area (Å²) in [5.41, 5.74) is -0.523. The van der Waals surface area contributed by atoms with Gasteiger partial charge in [-0.05, 0) is 47.0 Å². The smallest absolute Gasteiger partial charge is 0.411 e. The molecule has 0 aromatic carbocycles. The first-order chi connectivity index (χ1) is 8.78. The van der Waals surface area contributed by atoms with Gasteiger partial charge in [-0.25, -0.2) is 4.79 Å². The Bertz CT molecular complexity index is 371. The summed E-state index contributed by atoms with van der Waals surface area (Å²) in [4.78, 5) is 27.7. The first-order valence-corrected chi connectivity index (χ1v) is 7.07.